The predicted octanol–water partition coefficient (Wildman–Crippen LogP) is 6.21. The summed E-state index contributed by atoms with van der Waals surface area (Å²) < 4.78 is 92.6. The lowest BCUT2D eigenvalue weighted by molar-refractivity contribution is -0.148. The smallest absolute Gasteiger partial charge is 0.407 e. The largest absolute Gasteiger partial charge is 0.487 e. The normalized spacial score (nSPS) is 25.3. The molecule has 4 saturated carbocycles. The van der Waals surface area contributed by atoms with E-state index in [0.717, 1.165) is 62.5 Å². The van der Waals surface area contributed by atoms with Gasteiger partial charge in [-0.1, -0.05) is 63.5 Å². The molecule has 0 bridgehead atoms. The Labute approximate surface area is 631 Å². The van der Waals surface area contributed by atoms with Crippen molar-refractivity contribution in [1.29, 1.82) is 0 Å². The fourth-order valence-corrected chi connectivity index (χ4v) is 14.5. The van der Waals surface area contributed by atoms with Crippen molar-refractivity contribution < 1.29 is 109 Å². The Kier molecular flexibility index (Phi) is 39.2. The van der Waals surface area contributed by atoms with E-state index in [4.69, 9.17) is 75.8 Å². The Hall–Kier alpha value is -6.67. The number of hydrogen-bond donors (Lipinski definition) is 6. The van der Waals surface area contributed by atoms with Gasteiger partial charge in [0.1, 0.15) is 32.0 Å². The van der Waals surface area contributed by atoms with Crippen molar-refractivity contribution in [3.8, 4) is 23.0 Å². The number of rotatable bonds is 18. The summed E-state index contributed by atoms with van der Waals surface area (Å²) in [5.74, 6) is -2.57. The highest BCUT2D eigenvalue weighted by atomic mass is 16.6. The molecule has 0 unspecified atom stereocenters. The van der Waals surface area contributed by atoms with Crippen LogP contribution in [0.15, 0.2) is 36.4 Å². The molecule has 2 aromatic carbocycles. The van der Waals surface area contributed by atoms with E-state index >= 15 is 4.79 Å². The Morgan fingerprint density at radius 2 is 0.654 bits per heavy atom. The molecular weight excluding hydrogens is 1390 g/mol. The van der Waals surface area contributed by atoms with Gasteiger partial charge in [0.2, 0.25) is 29.5 Å². The average Bonchev–Trinajstić information content (AvgIpc) is 0.839. The zero-order valence-electron chi connectivity index (χ0n) is 63.7. The number of alkyl carbamates (subject to hydrolysis) is 1. The molecule has 0 spiro atoms. The summed E-state index contributed by atoms with van der Waals surface area (Å²) in [5, 5.41) is 19.1. The van der Waals surface area contributed by atoms with Crippen molar-refractivity contribution in [1.82, 2.24) is 31.9 Å². The number of carbonyl (C=O) groups is 7. The number of nitrogens with one attached hydrogen (secondary N) is 6. The van der Waals surface area contributed by atoms with E-state index < -0.39 is 71.6 Å². The summed E-state index contributed by atoms with van der Waals surface area (Å²) in [6.45, 7) is 13.7. The first kappa shape index (κ1) is 85.9. The number of methoxy groups -OCH3 is 1. The van der Waals surface area contributed by atoms with Gasteiger partial charge in [-0.15, -0.1) is 0 Å². The van der Waals surface area contributed by atoms with Gasteiger partial charge < -0.3 is 108 Å². The van der Waals surface area contributed by atoms with Crippen LogP contribution in [-0.4, -0.2) is 249 Å². The third-order valence-corrected chi connectivity index (χ3v) is 19.8. The minimum Gasteiger partial charge on any atom is -0.487 e. The van der Waals surface area contributed by atoms with Gasteiger partial charge in [-0.3, -0.25) is 28.8 Å². The average molecular weight is 1510 g/mol. The van der Waals surface area contributed by atoms with Gasteiger partial charge in [-0.05, 0) is 120 Å². The lowest BCUT2D eigenvalue weighted by Crippen LogP contribution is -2.55. The summed E-state index contributed by atoms with van der Waals surface area (Å²) >= 11 is 0. The molecule has 4 aliphatic carbocycles. The molecule has 29 heteroatoms. The van der Waals surface area contributed by atoms with E-state index in [-0.39, 0.29) is 101 Å². The maximum Gasteiger partial charge on any atom is 0.407 e. The molecule has 2 aromatic rings. The number of fused-ring (bicyclic) bond motifs is 2. The summed E-state index contributed by atoms with van der Waals surface area (Å²) in [5.41, 5.74) is 0.729. The molecule has 10 atom stereocenters. The number of amides is 6. The molecule has 29 nitrogen and oxygen atoms in total. The van der Waals surface area contributed by atoms with Gasteiger partial charge in [-0.2, -0.15) is 0 Å². The lowest BCUT2D eigenvalue weighted by Gasteiger charge is -2.36. The van der Waals surface area contributed by atoms with Crippen LogP contribution in [0.2, 0.25) is 0 Å². The van der Waals surface area contributed by atoms with Gasteiger partial charge in [0.15, 0.2) is 23.0 Å². The third kappa shape index (κ3) is 32.4. The van der Waals surface area contributed by atoms with Crippen molar-refractivity contribution in [2.24, 2.45) is 23.7 Å². The van der Waals surface area contributed by atoms with Gasteiger partial charge in [-0.25, -0.2) is 4.79 Å². The molecule has 107 heavy (non-hydrogen) atoms. The second-order valence-corrected chi connectivity index (χ2v) is 29.1. The Bertz CT molecular complexity index is 2980. The Balaban J connectivity index is 0.964. The second kappa shape index (κ2) is 48.8. The molecule has 0 aromatic heterocycles. The standard InChI is InChI=1S/C78H122N6O23/c1-78(2,3)107-77(91)84-65-19-11-7-15-61(65)74(88)80-57(49-55-21-23-67-69(51-55)105-47-43-101-39-35-97-31-27-93-25-29-95-33-37-99-41-45-103-67)53-71(85)81-63-17-9-5-13-59(63)75(89)83-64-18-10-6-14-60(64)73(87)79-58(54-72(86)82-66-20-12-8-16-62(66)76(90)92-4)50-56-22-24-68-70(52-56)106-48-44-102-40-36-98-32-28-94-26-30-96-34-38-100-42-46-104-68/h21-24,51-52,57-66H,5-20,25-50,53-54H2,1-4H3,(H,79,87)(H,80,88)(H,81,85)(H,82,86)(H,83,89)(H,84,91)/t57-,58-,59-,60-,61-,62-,63-,64-,65-,66-/m0/s1. The predicted molar refractivity (Wildman–Crippen MR) is 392 cm³/mol. The molecule has 6 aliphatic rings. The third-order valence-electron chi connectivity index (χ3n) is 19.8. The molecule has 4 fully saturated rings. The number of benzene rings is 2. The van der Waals surface area contributed by atoms with Crippen molar-refractivity contribution in [3.05, 3.63) is 47.5 Å². The molecule has 602 valence electrons. The SMILES string of the molecule is COC(=O)[C@H]1CCCC[C@@H]1NC(=O)C[C@H](Cc1ccc2c(c1)OCCOCCOCCOCCOCCOCCO2)NC(=O)[C@H]1CCCC[C@@H]1NC(=O)[C@H]1CCCC[C@@H]1NC(=O)C[C@H](Cc1ccc2c(c1)OCCOCCOCCOCCOCCOCCO2)NC(=O)[C@H]1CCCC[C@@H]1NC(=O)OC(C)(C)C. The maximum absolute atomic E-state index is 15.0. The van der Waals surface area contributed by atoms with Gasteiger partial charge in [0.05, 0.1) is 163 Å². The minimum absolute atomic E-state index is 0.119. The Morgan fingerprint density at radius 1 is 0.364 bits per heavy atom. The number of hydrogen-bond acceptors (Lipinski definition) is 23. The van der Waals surface area contributed by atoms with E-state index in [2.05, 4.69) is 31.9 Å². The van der Waals surface area contributed by atoms with Gasteiger partial charge >= 0.3 is 12.1 Å². The summed E-state index contributed by atoms with van der Waals surface area (Å²) in [4.78, 5) is 99.9. The van der Waals surface area contributed by atoms with Crippen molar-refractivity contribution in [2.75, 3.05) is 166 Å². The first-order chi connectivity index (χ1) is 52.1. The van der Waals surface area contributed by atoms with Crippen LogP contribution < -0.4 is 50.8 Å². The van der Waals surface area contributed by atoms with Crippen LogP contribution in [0.1, 0.15) is 147 Å². The zero-order valence-corrected chi connectivity index (χ0v) is 63.7. The molecule has 6 amide bonds. The summed E-state index contributed by atoms with van der Waals surface area (Å²) in [7, 11) is 1.35. The molecule has 0 radical (unpaired) electrons. The lowest BCUT2D eigenvalue weighted by atomic mass is 9.81. The minimum atomic E-state index is -0.761. The van der Waals surface area contributed by atoms with Crippen LogP contribution in [0.5, 0.6) is 23.0 Å². The van der Waals surface area contributed by atoms with Crippen molar-refractivity contribution in [2.45, 2.75) is 191 Å². The molecule has 0 saturated heterocycles. The van der Waals surface area contributed by atoms with Crippen LogP contribution >= 0.6 is 0 Å². The highest BCUT2D eigenvalue weighted by molar-refractivity contribution is 5.86. The number of carbonyl (C=O) groups excluding carboxylic acids is 7. The molecule has 2 heterocycles. The zero-order chi connectivity index (χ0) is 75.7. The van der Waals surface area contributed by atoms with Crippen LogP contribution in [-0.2, 0) is 98.5 Å². The van der Waals surface area contributed by atoms with Crippen molar-refractivity contribution >= 4 is 41.6 Å². The van der Waals surface area contributed by atoms with E-state index in [1.54, 1.807) is 32.9 Å². The fourth-order valence-electron chi connectivity index (χ4n) is 14.5. The van der Waals surface area contributed by atoms with E-state index in [1.807, 2.05) is 24.3 Å². The monoisotopic (exact) mass is 1510 g/mol. The van der Waals surface area contributed by atoms with Crippen LogP contribution in [0.4, 0.5) is 4.79 Å². The van der Waals surface area contributed by atoms with Crippen molar-refractivity contribution in [3.63, 3.8) is 0 Å². The first-order valence-electron chi connectivity index (χ1n) is 39.2. The number of esters is 1. The maximum atomic E-state index is 15.0. The fraction of sp³-hybridized carbons (Fsp3) is 0.756. The summed E-state index contributed by atoms with van der Waals surface area (Å²) in [6.07, 6.45) is 10.1. The first-order valence-corrected chi connectivity index (χ1v) is 39.2. The molecular formula is C78H122N6O23. The quantitative estimate of drug-likeness (QED) is 0.0903. The Morgan fingerprint density at radius 3 is 1.00 bits per heavy atom. The molecule has 8 rings (SSSR count). The van der Waals surface area contributed by atoms with Crippen LogP contribution in [0.25, 0.3) is 0 Å². The van der Waals surface area contributed by atoms with E-state index in [9.17, 15) is 28.8 Å². The van der Waals surface area contributed by atoms with E-state index in [0.29, 0.717) is 193 Å². The van der Waals surface area contributed by atoms with Crippen LogP contribution in [0.3, 0.4) is 0 Å². The molecule has 2 aliphatic heterocycles. The van der Waals surface area contributed by atoms with Gasteiger partial charge in [0, 0.05) is 49.1 Å². The molecule has 6 N–H and O–H groups in total. The van der Waals surface area contributed by atoms with E-state index in [1.165, 1.54) is 7.11 Å². The highest BCUT2D eigenvalue weighted by Crippen LogP contribution is 2.34. The topological polar surface area (TPSA) is 339 Å². The van der Waals surface area contributed by atoms with Gasteiger partial charge in [0.25, 0.3) is 0 Å². The second-order valence-electron chi connectivity index (χ2n) is 29.1. The highest BCUT2D eigenvalue weighted by Gasteiger charge is 2.40. The summed E-state index contributed by atoms with van der Waals surface area (Å²) in [6, 6.07) is 7.43. The van der Waals surface area contributed by atoms with Crippen LogP contribution in [0, 0.1) is 23.7 Å². The number of ether oxygens (including phenoxy) is 16.